The Hall–Kier alpha value is -1.54. The highest BCUT2D eigenvalue weighted by Crippen LogP contribution is 2.16. The van der Waals surface area contributed by atoms with Crippen molar-refractivity contribution in [3.05, 3.63) is 11.4 Å². The van der Waals surface area contributed by atoms with Gasteiger partial charge in [-0.05, 0) is 13.8 Å². The third kappa shape index (κ3) is 4.56. The van der Waals surface area contributed by atoms with Crippen molar-refractivity contribution in [2.24, 2.45) is 5.73 Å². The fraction of sp³-hybridized carbons (Fsp3) is 0.545. The van der Waals surface area contributed by atoms with E-state index in [1.54, 1.807) is 6.92 Å². The molecule has 0 fully saturated rings. The van der Waals surface area contributed by atoms with E-state index >= 15 is 0 Å². The molecule has 19 heavy (non-hydrogen) atoms. The molecule has 0 aliphatic heterocycles. The monoisotopic (exact) mass is 286 g/mol. The Morgan fingerprint density at radius 2 is 2.21 bits per heavy atom. The van der Waals surface area contributed by atoms with Crippen molar-refractivity contribution in [2.75, 3.05) is 23.9 Å². The summed E-state index contributed by atoms with van der Waals surface area (Å²) in [7, 11) is 1.28. The van der Waals surface area contributed by atoms with Gasteiger partial charge in [0.05, 0.1) is 29.9 Å². The topological polar surface area (TPSA) is 110 Å². The maximum absolute atomic E-state index is 11.7. The molecule has 7 nitrogen and oxygen atoms in total. The summed E-state index contributed by atoms with van der Waals surface area (Å²) in [5.74, 6) is -0.0813. The molecule has 4 N–H and O–H groups in total. The van der Waals surface area contributed by atoms with Gasteiger partial charge in [-0.3, -0.25) is 14.7 Å². The van der Waals surface area contributed by atoms with Crippen LogP contribution in [0, 0.1) is 13.8 Å². The molecule has 1 aromatic heterocycles. The summed E-state index contributed by atoms with van der Waals surface area (Å²) in [6, 6.07) is -0.708. The van der Waals surface area contributed by atoms with E-state index in [1.165, 1.54) is 18.9 Å². The van der Waals surface area contributed by atoms with Crippen LogP contribution in [0.1, 0.15) is 11.4 Å². The van der Waals surface area contributed by atoms with Gasteiger partial charge in [0.1, 0.15) is 6.04 Å². The minimum atomic E-state index is -0.708. The first-order chi connectivity index (χ1) is 8.95. The lowest BCUT2D eigenvalue weighted by molar-refractivity contribution is -0.141. The van der Waals surface area contributed by atoms with Crippen LogP contribution >= 0.6 is 11.8 Å². The molecule has 8 heteroatoms. The Morgan fingerprint density at radius 1 is 1.53 bits per heavy atom. The summed E-state index contributed by atoms with van der Waals surface area (Å²) < 4.78 is 4.50. The van der Waals surface area contributed by atoms with Gasteiger partial charge < -0.3 is 15.8 Å². The molecule has 1 atom stereocenters. The van der Waals surface area contributed by atoms with Crippen molar-refractivity contribution in [3.8, 4) is 0 Å². The molecular formula is C11H18N4O3S. The third-order valence-corrected chi connectivity index (χ3v) is 3.49. The predicted molar refractivity (Wildman–Crippen MR) is 74.0 cm³/mol. The van der Waals surface area contributed by atoms with Gasteiger partial charge in [0.2, 0.25) is 5.91 Å². The number of carbonyl (C=O) groups is 2. The van der Waals surface area contributed by atoms with E-state index in [2.05, 4.69) is 20.3 Å². The smallest absolute Gasteiger partial charge is 0.323 e. The number of esters is 1. The number of anilines is 1. The highest BCUT2D eigenvalue weighted by molar-refractivity contribution is 8.00. The van der Waals surface area contributed by atoms with Gasteiger partial charge in [-0.2, -0.15) is 5.10 Å². The molecule has 0 saturated heterocycles. The molecule has 0 aliphatic rings. The van der Waals surface area contributed by atoms with Crippen molar-refractivity contribution < 1.29 is 14.3 Å². The van der Waals surface area contributed by atoms with Gasteiger partial charge in [0.15, 0.2) is 0 Å². The van der Waals surface area contributed by atoms with Crippen molar-refractivity contribution in [1.82, 2.24) is 10.2 Å². The Balaban J connectivity index is 2.35. The van der Waals surface area contributed by atoms with Gasteiger partial charge in [-0.15, -0.1) is 11.8 Å². The highest BCUT2D eigenvalue weighted by atomic mass is 32.2. The number of carbonyl (C=O) groups excluding carboxylic acids is 2. The Kier molecular flexibility index (Phi) is 5.84. The highest BCUT2D eigenvalue weighted by Gasteiger charge is 2.15. The summed E-state index contributed by atoms with van der Waals surface area (Å²) in [5.41, 5.74) is 7.80. The van der Waals surface area contributed by atoms with Crippen molar-refractivity contribution >= 4 is 29.3 Å². The number of aromatic nitrogens is 2. The number of nitrogens with two attached hydrogens (primary N) is 1. The number of nitrogens with one attached hydrogen (secondary N) is 2. The SMILES string of the molecule is COC(=O)C(N)CSCC(=O)Nc1c(C)n[nH]c1C. The minimum Gasteiger partial charge on any atom is -0.468 e. The lowest BCUT2D eigenvalue weighted by Crippen LogP contribution is -2.34. The van der Waals surface area contributed by atoms with E-state index < -0.39 is 12.0 Å². The summed E-state index contributed by atoms with van der Waals surface area (Å²) in [4.78, 5) is 22.8. The van der Waals surface area contributed by atoms with E-state index in [0.29, 0.717) is 11.4 Å². The summed E-state index contributed by atoms with van der Waals surface area (Å²) in [6.07, 6.45) is 0. The average molecular weight is 286 g/mol. The van der Waals surface area contributed by atoms with Crippen LogP contribution < -0.4 is 11.1 Å². The van der Waals surface area contributed by atoms with Crippen molar-refractivity contribution in [3.63, 3.8) is 0 Å². The molecule has 1 rings (SSSR count). The summed E-state index contributed by atoms with van der Waals surface area (Å²) in [5, 5.41) is 9.54. The first kappa shape index (κ1) is 15.5. The number of methoxy groups -OCH3 is 1. The van der Waals surface area contributed by atoms with Crippen LogP contribution in [-0.2, 0) is 14.3 Å². The molecule has 1 heterocycles. The van der Waals surface area contributed by atoms with Crippen LogP contribution in [0.2, 0.25) is 0 Å². The normalized spacial score (nSPS) is 12.0. The standard InChI is InChI=1S/C11H18N4O3S/c1-6-10(7(2)15-14-6)13-9(16)5-19-4-8(12)11(17)18-3/h8H,4-5,12H2,1-3H3,(H,13,16)(H,14,15). The number of thioether (sulfide) groups is 1. The third-order valence-electron chi connectivity index (χ3n) is 2.43. The molecule has 1 unspecified atom stereocenters. The fourth-order valence-corrected chi connectivity index (χ4v) is 2.17. The quantitative estimate of drug-likeness (QED) is 0.644. The van der Waals surface area contributed by atoms with Crippen LogP contribution in [0.5, 0.6) is 0 Å². The maximum atomic E-state index is 11.7. The first-order valence-electron chi connectivity index (χ1n) is 5.68. The second kappa shape index (κ2) is 7.15. The van der Waals surface area contributed by atoms with E-state index in [-0.39, 0.29) is 11.7 Å². The molecule has 0 spiro atoms. The van der Waals surface area contributed by atoms with Crippen molar-refractivity contribution in [2.45, 2.75) is 19.9 Å². The van der Waals surface area contributed by atoms with Crippen LogP contribution in [0.3, 0.4) is 0 Å². The molecule has 106 valence electrons. The largest absolute Gasteiger partial charge is 0.468 e. The van der Waals surface area contributed by atoms with Gasteiger partial charge in [-0.1, -0.05) is 0 Å². The number of aromatic amines is 1. The molecule has 0 bridgehead atoms. The van der Waals surface area contributed by atoms with E-state index in [0.717, 1.165) is 11.4 Å². The Labute approximate surface area is 115 Å². The number of amides is 1. The van der Waals surface area contributed by atoms with E-state index in [4.69, 9.17) is 5.73 Å². The van der Waals surface area contributed by atoms with Gasteiger partial charge >= 0.3 is 5.97 Å². The predicted octanol–water partition coefficient (Wildman–Crippen LogP) is 0.199. The first-order valence-corrected chi connectivity index (χ1v) is 6.83. The number of H-pyrrole nitrogens is 1. The van der Waals surface area contributed by atoms with Crippen LogP contribution in [0.4, 0.5) is 5.69 Å². The van der Waals surface area contributed by atoms with E-state index in [9.17, 15) is 9.59 Å². The Bertz CT molecular complexity index is 441. The molecule has 0 saturated carbocycles. The maximum Gasteiger partial charge on any atom is 0.323 e. The minimum absolute atomic E-state index is 0.158. The second-order valence-corrected chi connectivity index (χ2v) is 5.03. The number of aryl methyl sites for hydroxylation is 2. The fourth-order valence-electron chi connectivity index (χ4n) is 1.41. The van der Waals surface area contributed by atoms with Gasteiger partial charge in [0, 0.05) is 5.75 Å². The number of ether oxygens (including phenoxy) is 1. The average Bonchev–Trinajstić information content (AvgIpc) is 2.69. The van der Waals surface area contributed by atoms with Gasteiger partial charge in [-0.25, -0.2) is 0 Å². The number of hydrogen-bond acceptors (Lipinski definition) is 6. The zero-order chi connectivity index (χ0) is 14.4. The molecule has 1 amide bonds. The lowest BCUT2D eigenvalue weighted by Gasteiger charge is -2.09. The number of hydrogen-bond donors (Lipinski definition) is 3. The second-order valence-electron chi connectivity index (χ2n) is 4.00. The number of nitrogens with zero attached hydrogens (tertiary/aromatic N) is 1. The summed E-state index contributed by atoms with van der Waals surface area (Å²) >= 11 is 1.28. The zero-order valence-corrected chi connectivity index (χ0v) is 12.0. The lowest BCUT2D eigenvalue weighted by atomic mass is 10.3. The van der Waals surface area contributed by atoms with Crippen molar-refractivity contribution in [1.29, 1.82) is 0 Å². The molecular weight excluding hydrogens is 268 g/mol. The van der Waals surface area contributed by atoms with Gasteiger partial charge in [0.25, 0.3) is 0 Å². The Morgan fingerprint density at radius 3 is 2.74 bits per heavy atom. The van der Waals surface area contributed by atoms with E-state index in [1.807, 2.05) is 6.92 Å². The molecule has 1 aromatic rings. The molecule has 0 aliphatic carbocycles. The molecule has 0 aromatic carbocycles. The zero-order valence-electron chi connectivity index (χ0n) is 11.1. The molecule has 0 radical (unpaired) electrons. The summed E-state index contributed by atoms with van der Waals surface area (Å²) in [6.45, 7) is 3.63. The van der Waals surface area contributed by atoms with Crippen LogP contribution in [0.15, 0.2) is 0 Å². The van der Waals surface area contributed by atoms with Crippen LogP contribution in [0.25, 0.3) is 0 Å². The number of rotatable bonds is 6. The van der Waals surface area contributed by atoms with Crippen LogP contribution in [-0.4, -0.2) is 46.7 Å².